The molecule has 0 aliphatic carbocycles. The lowest BCUT2D eigenvalue weighted by Gasteiger charge is -2.22. The molecule has 2 atom stereocenters. The van der Waals surface area contributed by atoms with Gasteiger partial charge in [0.15, 0.2) is 11.5 Å². The highest BCUT2D eigenvalue weighted by molar-refractivity contribution is 5.78. The number of hydrogen-bond donors (Lipinski definition) is 1. The maximum absolute atomic E-state index is 11.8. The van der Waals surface area contributed by atoms with Gasteiger partial charge in [-0.1, -0.05) is 43.3 Å². The third-order valence-electron chi connectivity index (χ3n) is 3.86. The summed E-state index contributed by atoms with van der Waals surface area (Å²) in [5, 5.41) is 9.68. The zero-order valence-electron chi connectivity index (χ0n) is 12.9. The number of carbonyl (C=O) groups is 1. The molecule has 4 nitrogen and oxygen atoms in total. The smallest absolute Gasteiger partial charge is 0.311 e. The molecular formula is C18H20O4. The summed E-state index contributed by atoms with van der Waals surface area (Å²) in [4.78, 5) is 11.8. The zero-order chi connectivity index (χ0) is 16.1. The standard InChI is InChI=1S/C18H20O4/c1-12(13-7-5-4-6-8-13)17(18(19)20)14-9-10-15(21-2)16(11-14)22-3/h4-12,17H,1-3H3,(H,19,20). The van der Waals surface area contributed by atoms with Crippen LogP contribution in [0.5, 0.6) is 11.5 Å². The van der Waals surface area contributed by atoms with Crippen LogP contribution in [-0.4, -0.2) is 25.3 Å². The molecule has 0 saturated carbocycles. The number of aliphatic carboxylic acids is 1. The van der Waals surface area contributed by atoms with Gasteiger partial charge in [-0.2, -0.15) is 0 Å². The second-order valence-corrected chi connectivity index (χ2v) is 5.13. The summed E-state index contributed by atoms with van der Waals surface area (Å²) in [5.41, 5.74) is 1.69. The minimum atomic E-state index is -0.858. The number of ether oxygens (including phenoxy) is 2. The fourth-order valence-corrected chi connectivity index (χ4v) is 2.64. The molecule has 22 heavy (non-hydrogen) atoms. The van der Waals surface area contributed by atoms with E-state index in [1.165, 1.54) is 7.11 Å². The Morgan fingerprint density at radius 3 is 2.14 bits per heavy atom. The number of carboxylic acids is 1. The Kier molecular flexibility index (Phi) is 5.04. The molecule has 4 heteroatoms. The number of rotatable bonds is 6. The van der Waals surface area contributed by atoms with Crippen LogP contribution in [0, 0.1) is 0 Å². The minimum absolute atomic E-state index is 0.156. The Bertz CT molecular complexity index is 637. The van der Waals surface area contributed by atoms with Crippen LogP contribution in [0.4, 0.5) is 0 Å². The van der Waals surface area contributed by atoms with E-state index in [4.69, 9.17) is 9.47 Å². The quantitative estimate of drug-likeness (QED) is 0.884. The van der Waals surface area contributed by atoms with Crippen molar-refractivity contribution < 1.29 is 19.4 Å². The summed E-state index contributed by atoms with van der Waals surface area (Å²) in [6.07, 6.45) is 0. The maximum atomic E-state index is 11.8. The molecule has 2 unspecified atom stereocenters. The van der Waals surface area contributed by atoms with E-state index in [1.54, 1.807) is 25.3 Å². The first kappa shape index (κ1) is 15.9. The van der Waals surface area contributed by atoms with E-state index < -0.39 is 11.9 Å². The van der Waals surface area contributed by atoms with Crippen molar-refractivity contribution in [1.82, 2.24) is 0 Å². The molecule has 0 radical (unpaired) electrons. The van der Waals surface area contributed by atoms with Gasteiger partial charge in [0.05, 0.1) is 20.1 Å². The summed E-state index contributed by atoms with van der Waals surface area (Å²) in [5.74, 6) is -0.545. The molecule has 0 aliphatic rings. The molecule has 0 aliphatic heterocycles. The van der Waals surface area contributed by atoms with E-state index in [2.05, 4.69) is 0 Å². The van der Waals surface area contributed by atoms with Gasteiger partial charge in [0.2, 0.25) is 0 Å². The van der Waals surface area contributed by atoms with E-state index in [-0.39, 0.29) is 5.92 Å². The lowest BCUT2D eigenvalue weighted by Crippen LogP contribution is -2.18. The van der Waals surface area contributed by atoms with Crippen molar-refractivity contribution in [3.8, 4) is 11.5 Å². The number of benzene rings is 2. The highest BCUT2D eigenvalue weighted by atomic mass is 16.5. The second kappa shape index (κ2) is 6.98. The third kappa shape index (κ3) is 3.22. The summed E-state index contributed by atoms with van der Waals surface area (Å²) < 4.78 is 10.5. The molecule has 0 spiro atoms. The second-order valence-electron chi connectivity index (χ2n) is 5.13. The number of hydrogen-bond acceptors (Lipinski definition) is 3. The van der Waals surface area contributed by atoms with Crippen molar-refractivity contribution in [3.05, 3.63) is 59.7 Å². The number of methoxy groups -OCH3 is 2. The highest BCUT2D eigenvalue weighted by Crippen LogP contribution is 2.37. The molecule has 1 N–H and O–H groups in total. The van der Waals surface area contributed by atoms with Gasteiger partial charge in [-0.25, -0.2) is 0 Å². The highest BCUT2D eigenvalue weighted by Gasteiger charge is 2.28. The fraction of sp³-hybridized carbons (Fsp3) is 0.278. The molecule has 0 amide bonds. The molecule has 0 aromatic heterocycles. The molecule has 0 saturated heterocycles. The summed E-state index contributed by atoms with van der Waals surface area (Å²) in [6, 6.07) is 14.9. The summed E-state index contributed by atoms with van der Waals surface area (Å²) >= 11 is 0. The van der Waals surface area contributed by atoms with Crippen LogP contribution < -0.4 is 9.47 Å². The SMILES string of the molecule is COc1ccc(C(C(=O)O)C(C)c2ccccc2)cc1OC. The normalized spacial score (nSPS) is 13.2. The molecule has 2 aromatic rings. The predicted octanol–water partition coefficient (Wildman–Crippen LogP) is 3.68. The van der Waals surface area contributed by atoms with Crippen LogP contribution in [0.2, 0.25) is 0 Å². The first-order valence-electron chi connectivity index (χ1n) is 7.08. The Labute approximate surface area is 130 Å². The van der Waals surface area contributed by atoms with E-state index in [0.717, 1.165) is 5.56 Å². The van der Waals surface area contributed by atoms with Gasteiger partial charge in [0.25, 0.3) is 0 Å². The van der Waals surface area contributed by atoms with Gasteiger partial charge in [-0.05, 0) is 29.2 Å². The summed E-state index contributed by atoms with van der Waals surface area (Å²) in [7, 11) is 3.09. The Morgan fingerprint density at radius 2 is 1.59 bits per heavy atom. The lowest BCUT2D eigenvalue weighted by molar-refractivity contribution is -0.139. The Morgan fingerprint density at radius 1 is 0.955 bits per heavy atom. The molecule has 0 bridgehead atoms. The van der Waals surface area contributed by atoms with Crippen LogP contribution in [-0.2, 0) is 4.79 Å². The topological polar surface area (TPSA) is 55.8 Å². The first-order valence-corrected chi connectivity index (χ1v) is 7.08. The molecule has 2 aromatic carbocycles. The van der Waals surface area contributed by atoms with E-state index in [0.29, 0.717) is 17.1 Å². The zero-order valence-corrected chi connectivity index (χ0v) is 12.9. The van der Waals surface area contributed by atoms with E-state index in [1.807, 2.05) is 37.3 Å². The van der Waals surface area contributed by atoms with E-state index >= 15 is 0 Å². The third-order valence-corrected chi connectivity index (χ3v) is 3.86. The van der Waals surface area contributed by atoms with E-state index in [9.17, 15) is 9.90 Å². The maximum Gasteiger partial charge on any atom is 0.311 e. The fourth-order valence-electron chi connectivity index (χ4n) is 2.64. The summed E-state index contributed by atoms with van der Waals surface area (Å²) in [6.45, 7) is 1.92. The average Bonchev–Trinajstić information content (AvgIpc) is 2.55. The lowest BCUT2D eigenvalue weighted by atomic mass is 9.82. The van der Waals surface area contributed by atoms with Crippen LogP contribution in [0.25, 0.3) is 0 Å². The Hall–Kier alpha value is -2.49. The first-order chi connectivity index (χ1) is 10.6. The molecular weight excluding hydrogens is 280 g/mol. The van der Waals surface area contributed by atoms with Gasteiger partial charge in [-0.3, -0.25) is 4.79 Å². The minimum Gasteiger partial charge on any atom is -0.493 e. The van der Waals surface area contributed by atoms with Crippen molar-refractivity contribution in [2.75, 3.05) is 14.2 Å². The van der Waals surface area contributed by atoms with Gasteiger partial charge < -0.3 is 14.6 Å². The van der Waals surface area contributed by atoms with Crippen LogP contribution >= 0.6 is 0 Å². The van der Waals surface area contributed by atoms with Crippen molar-refractivity contribution in [2.24, 2.45) is 0 Å². The number of carboxylic acid groups (broad SMARTS) is 1. The van der Waals surface area contributed by atoms with Gasteiger partial charge in [-0.15, -0.1) is 0 Å². The Balaban J connectivity index is 2.42. The van der Waals surface area contributed by atoms with Crippen molar-refractivity contribution in [3.63, 3.8) is 0 Å². The average molecular weight is 300 g/mol. The monoisotopic (exact) mass is 300 g/mol. The molecule has 2 rings (SSSR count). The van der Waals surface area contributed by atoms with Gasteiger partial charge >= 0.3 is 5.97 Å². The van der Waals surface area contributed by atoms with Gasteiger partial charge in [0, 0.05) is 0 Å². The predicted molar refractivity (Wildman–Crippen MR) is 84.8 cm³/mol. The van der Waals surface area contributed by atoms with Crippen molar-refractivity contribution in [1.29, 1.82) is 0 Å². The van der Waals surface area contributed by atoms with Crippen molar-refractivity contribution >= 4 is 5.97 Å². The van der Waals surface area contributed by atoms with Crippen LogP contribution in [0.1, 0.15) is 29.9 Å². The van der Waals surface area contributed by atoms with Crippen LogP contribution in [0.3, 0.4) is 0 Å². The van der Waals surface area contributed by atoms with Gasteiger partial charge in [0.1, 0.15) is 0 Å². The molecule has 0 fully saturated rings. The molecule has 0 heterocycles. The van der Waals surface area contributed by atoms with Crippen LogP contribution in [0.15, 0.2) is 48.5 Å². The molecule has 116 valence electrons. The van der Waals surface area contributed by atoms with Crippen molar-refractivity contribution in [2.45, 2.75) is 18.8 Å². The largest absolute Gasteiger partial charge is 0.493 e.